The fraction of sp³-hybridized carbons (Fsp3) is 0.947. The first-order valence-corrected chi connectivity index (χ1v) is 10.1. The number of hydrogen-bond donors (Lipinski definition) is 1. The number of likely N-dealkylation sites (N-methyl/N-ethyl adjacent to an activating group) is 2. The van der Waals surface area contributed by atoms with Crippen LogP contribution in [0.4, 0.5) is 0 Å². The van der Waals surface area contributed by atoms with Crippen LogP contribution < -0.4 is 5.32 Å². The van der Waals surface area contributed by atoms with Gasteiger partial charge in [0.2, 0.25) is 0 Å². The Hall–Kier alpha value is -0.850. The maximum atomic E-state index is 5.83. The molecule has 1 atom stereocenters. The summed E-state index contributed by atoms with van der Waals surface area (Å²) in [5, 5.41) is 3.47. The number of hydrogen-bond acceptors (Lipinski definition) is 4. The van der Waals surface area contributed by atoms with E-state index in [1.165, 1.54) is 19.4 Å². The van der Waals surface area contributed by atoms with E-state index in [1.807, 2.05) is 7.05 Å². The largest absolute Gasteiger partial charge is 0.381 e. The van der Waals surface area contributed by atoms with Crippen molar-refractivity contribution in [1.29, 1.82) is 0 Å². The number of ether oxygens (including phenoxy) is 2. The highest BCUT2D eigenvalue weighted by Crippen LogP contribution is 2.17. The van der Waals surface area contributed by atoms with Gasteiger partial charge >= 0.3 is 0 Å². The van der Waals surface area contributed by atoms with E-state index < -0.39 is 0 Å². The molecule has 25 heavy (non-hydrogen) atoms. The fourth-order valence-electron chi connectivity index (χ4n) is 3.84. The third-order valence-electron chi connectivity index (χ3n) is 5.41. The van der Waals surface area contributed by atoms with Crippen molar-refractivity contribution in [3.63, 3.8) is 0 Å². The Morgan fingerprint density at radius 3 is 2.84 bits per heavy atom. The van der Waals surface area contributed by atoms with E-state index in [1.54, 1.807) is 0 Å². The molecule has 146 valence electrons. The summed E-state index contributed by atoms with van der Waals surface area (Å²) in [6.07, 6.45) is 5.93. The summed E-state index contributed by atoms with van der Waals surface area (Å²) in [5.41, 5.74) is 0. The molecule has 1 unspecified atom stereocenters. The molecule has 2 rings (SSSR count). The van der Waals surface area contributed by atoms with Crippen LogP contribution in [0.5, 0.6) is 0 Å². The predicted molar refractivity (Wildman–Crippen MR) is 103 cm³/mol. The van der Waals surface area contributed by atoms with Gasteiger partial charge in [-0.1, -0.05) is 6.92 Å². The lowest BCUT2D eigenvalue weighted by Gasteiger charge is -2.29. The van der Waals surface area contributed by atoms with Gasteiger partial charge in [-0.3, -0.25) is 9.89 Å². The highest BCUT2D eigenvalue weighted by atomic mass is 16.5. The van der Waals surface area contributed by atoms with Gasteiger partial charge in [-0.25, -0.2) is 0 Å². The van der Waals surface area contributed by atoms with E-state index in [0.29, 0.717) is 12.0 Å². The van der Waals surface area contributed by atoms with Gasteiger partial charge in [-0.15, -0.1) is 0 Å². The number of aliphatic imine (C=N–C) groups is 1. The minimum Gasteiger partial charge on any atom is -0.381 e. The first-order chi connectivity index (χ1) is 12.2. The molecule has 6 nitrogen and oxygen atoms in total. The number of nitrogens with zero attached hydrogens (tertiary/aromatic N) is 3. The first-order valence-electron chi connectivity index (χ1n) is 10.1. The van der Waals surface area contributed by atoms with E-state index in [4.69, 9.17) is 9.47 Å². The van der Waals surface area contributed by atoms with E-state index in [2.05, 4.69) is 34.1 Å². The van der Waals surface area contributed by atoms with Crippen LogP contribution in [0, 0.1) is 5.92 Å². The second-order valence-electron chi connectivity index (χ2n) is 7.26. The molecule has 0 aliphatic carbocycles. The first kappa shape index (κ1) is 20.5. The molecule has 0 bridgehead atoms. The number of rotatable bonds is 9. The second-order valence-corrected chi connectivity index (χ2v) is 7.26. The second kappa shape index (κ2) is 11.7. The van der Waals surface area contributed by atoms with Crippen LogP contribution in [-0.4, -0.2) is 88.5 Å². The SMILES string of the molecule is CCN1CCCC1CN(C)C(=NC)NCCCOCC1CCOCC1. The molecule has 1 N–H and O–H groups in total. The van der Waals surface area contributed by atoms with Gasteiger partial charge in [0.25, 0.3) is 0 Å². The van der Waals surface area contributed by atoms with Crippen LogP contribution in [0.15, 0.2) is 4.99 Å². The van der Waals surface area contributed by atoms with Crippen molar-refractivity contribution < 1.29 is 9.47 Å². The molecule has 0 saturated carbocycles. The van der Waals surface area contributed by atoms with Crippen LogP contribution in [0.25, 0.3) is 0 Å². The van der Waals surface area contributed by atoms with Crippen LogP contribution in [0.2, 0.25) is 0 Å². The van der Waals surface area contributed by atoms with Gasteiger partial charge in [0, 0.05) is 59.7 Å². The highest BCUT2D eigenvalue weighted by molar-refractivity contribution is 5.79. The predicted octanol–water partition coefficient (Wildman–Crippen LogP) is 1.81. The highest BCUT2D eigenvalue weighted by Gasteiger charge is 2.24. The Balaban J connectivity index is 1.56. The van der Waals surface area contributed by atoms with Gasteiger partial charge in [-0.2, -0.15) is 0 Å². The van der Waals surface area contributed by atoms with Crippen LogP contribution in [0.1, 0.15) is 39.0 Å². The summed E-state index contributed by atoms with van der Waals surface area (Å²) in [4.78, 5) is 9.27. The zero-order valence-corrected chi connectivity index (χ0v) is 16.5. The molecule has 2 heterocycles. The Morgan fingerprint density at radius 2 is 2.12 bits per heavy atom. The van der Waals surface area contributed by atoms with Crippen molar-refractivity contribution in [2.24, 2.45) is 10.9 Å². The minimum absolute atomic E-state index is 0.663. The van der Waals surface area contributed by atoms with Crippen molar-refractivity contribution in [1.82, 2.24) is 15.1 Å². The Kier molecular flexibility index (Phi) is 9.58. The topological polar surface area (TPSA) is 49.3 Å². The fourth-order valence-corrected chi connectivity index (χ4v) is 3.84. The third kappa shape index (κ3) is 7.12. The van der Waals surface area contributed by atoms with Crippen molar-refractivity contribution in [3.8, 4) is 0 Å². The molecule has 0 radical (unpaired) electrons. The average molecular weight is 355 g/mol. The number of guanidine groups is 1. The molecule has 2 aliphatic heterocycles. The van der Waals surface area contributed by atoms with Gasteiger partial charge in [0.05, 0.1) is 0 Å². The normalized spacial score (nSPS) is 23.2. The van der Waals surface area contributed by atoms with Gasteiger partial charge in [0.1, 0.15) is 0 Å². The molecule has 0 amide bonds. The van der Waals surface area contributed by atoms with Crippen molar-refractivity contribution >= 4 is 5.96 Å². The standard InChI is InChI=1S/C19H38N4O2/c1-4-23-11-5-7-18(23)15-22(3)19(20-2)21-10-6-12-25-16-17-8-13-24-14-9-17/h17-18H,4-16H2,1-3H3,(H,20,21). The van der Waals surface area contributed by atoms with E-state index >= 15 is 0 Å². The van der Waals surface area contributed by atoms with Crippen molar-refractivity contribution in [2.45, 2.75) is 45.1 Å². The zero-order valence-electron chi connectivity index (χ0n) is 16.5. The van der Waals surface area contributed by atoms with Crippen molar-refractivity contribution in [3.05, 3.63) is 0 Å². The third-order valence-corrected chi connectivity index (χ3v) is 5.41. The number of likely N-dealkylation sites (tertiary alicyclic amines) is 1. The van der Waals surface area contributed by atoms with Crippen LogP contribution in [-0.2, 0) is 9.47 Å². The zero-order chi connectivity index (χ0) is 17.9. The molecule has 2 aliphatic rings. The number of nitrogens with one attached hydrogen (secondary N) is 1. The maximum absolute atomic E-state index is 5.83. The molecule has 0 aromatic carbocycles. The van der Waals surface area contributed by atoms with Gasteiger partial charge in [0.15, 0.2) is 5.96 Å². The molecule has 6 heteroatoms. The molecular weight excluding hydrogens is 316 g/mol. The van der Waals surface area contributed by atoms with E-state index in [0.717, 1.165) is 71.3 Å². The summed E-state index contributed by atoms with van der Waals surface area (Å²) in [5.74, 6) is 1.68. The Morgan fingerprint density at radius 1 is 1.32 bits per heavy atom. The van der Waals surface area contributed by atoms with Gasteiger partial charge in [-0.05, 0) is 51.1 Å². The molecule has 0 spiro atoms. The van der Waals surface area contributed by atoms with Gasteiger partial charge < -0.3 is 19.7 Å². The minimum atomic E-state index is 0.663. The summed E-state index contributed by atoms with van der Waals surface area (Å²) >= 11 is 0. The lowest BCUT2D eigenvalue weighted by atomic mass is 10.0. The summed E-state index contributed by atoms with van der Waals surface area (Å²) in [6, 6.07) is 0.663. The molecular formula is C19H38N4O2. The molecule has 0 aromatic heterocycles. The summed E-state index contributed by atoms with van der Waals surface area (Å²) in [7, 11) is 4.01. The smallest absolute Gasteiger partial charge is 0.193 e. The van der Waals surface area contributed by atoms with Crippen LogP contribution in [0.3, 0.4) is 0 Å². The van der Waals surface area contributed by atoms with E-state index in [-0.39, 0.29) is 0 Å². The molecule has 2 saturated heterocycles. The Labute approximate surface area is 153 Å². The quantitative estimate of drug-likeness (QED) is 0.389. The summed E-state index contributed by atoms with van der Waals surface area (Å²) in [6.45, 7) is 10.1. The monoisotopic (exact) mass is 354 g/mol. The Bertz CT molecular complexity index is 386. The average Bonchev–Trinajstić information content (AvgIpc) is 3.09. The molecule has 2 fully saturated rings. The van der Waals surface area contributed by atoms with E-state index in [9.17, 15) is 0 Å². The lowest BCUT2D eigenvalue weighted by molar-refractivity contribution is 0.0203. The molecule has 0 aromatic rings. The lowest BCUT2D eigenvalue weighted by Crippen LogP contribution is -2.46. The summed E-state index contributed by atoms with van der Waals surface area (Å²) < 4.78 is 11.2. The maximum Gasteiger partial charge on any atom is 0.193 e. The van der Waals surface area contributed by atoms with Crippen molar-refractivity contribution in [2.75, 3.05) is 66.7 Å². The van der Waals surface area contributed by atoms with Crippen LogP contribution >= 0.6 is 0 Å².